The molecule has 0 amide bonds. The molecule has 0 unspecified atom stereocenters. The Bertz CT molecular complexity index is 432. The molecule has 1 heterocycles. The molecule has 1 fully saturated rings. The van der Waals surface area contributed by atoms with Crippen molar-refractivity contribution in [2.45, 2.75) is 32.1 Å². The van der Waals surface area contributed by atoms with Crippen molar-refractivity contribution in [3.63, 3.8) is 0 Å². The van der Waals surface area contributed by atoms with Gasteiger partial charge in [0.05, 0.1) is 0 Å². The number of aliphatic imine (C=N–C) groups is 1. The summed E-state index contributed by atoms with van der Waals surface area (Å²) in [6.45, 7) is 1.84. The van der Waals surface area contributed by atoms with Gasteiger partial charge >= 0.3 is 0 Å². The lowest BCUT2D eigenvalue weighted by Crippen LogP contribution is -2.38. The van der Waals surface area contributed by atoms with E-state index in [9.17, 15) is 0 Å². The first-order chi connectivity index (χ1) is 9.78. The minimum atomic E-state index is 0. The fraction of sp³-hybridized carbons (Fsp3) is 0.600. The molecule has 1 aliphatic carbocycles. The van der Waals surface area contributed by atoms with Crippen molar-refractivity contribution in [2.24, 2.45) is 10.9 Å². The quantitative estimate of drug-likeness (QED) is 0.233. The van der Waals surface area contributed by atoms with E-state index in [0.717, 1.165) is 31.4 Å². The van der Waals surface area contributed by atoms with E-state index in [-0.39, 0.29) is 24.0 Å². The Labute approximate surface area is 149 Å². The molecular weight excluding hydrogens is 399 g/mol. The van der Waals surface area contributed by atoms with Gasteiger partial charge in [-0.1, -0.05) is 30.5 Å². The maximum absolute atomic E-state index is 5.76. The number of aromatic nitrogens is 1. The highest BCUT2D eigenvalue weighted by molar-refractivity contribution is 14.0. The molecule has 21 heavy (non-hydrogen) atoms. The van der Waals surface area contributed by atoms with E-state index in [0.29, 0.717) is 5.15 Å². The number of nitrogens with zero attached hydrogens (tertiary/aromatic N) is 2. The van der Waals surface area contributed by atoms with E-state index >= 15 is 0 Å². The molecule has 1 aliphatic rings. The molecule has 118 valence electrons. The van der Waals surface area contributed by atoms with Crippen molar-refractivity contribution in [2.75, 3.05) is 20.1 Å². The number of halogens is 2. The van der Waals surface area contributed by atoms with Gasteiger partial charge in [-0.3, -0.25) is 4.99 Å². The first-order valence-corrected chi connectivity index (χ1v) is 7.70. The van der Waals surface area contributed by atoms with Gasteiger partial charge < -0.3 is 10.6 Å². The fourth-order valence-corrected chi connectivity index (χ4v) is 2.22. The first-order valence-electron chi connectivity index (χ1n) is 7.33. The Morgan fingerprint density at radius 1 is 1.33 bits per heavy atom. The maximum Gasteiger partial charge on any atom is 0.190 e. The van der Waals surface area contributed by atoms with E-state index in [1.54, 1.807) is 7.05 Å². The molecule has 0 atom stereocenters. The van der Waals surface area contributed by atoms with Crippen LogP contribution in [0, 0.1) is 5.92 Å². The molecule has 1 aromatic rings. The normalized spacial score (nSPS) is 14.5. The van der Waals surface area contributed by atoms with Crippen molar-refractivity contribution in [1.29, 1.82) is 0 Å². The topological polar surface area (TPSA) is 49.3 Å². The molecule has 0 saturated heterocycles. The second-order valence-corrected chi connectivity index (χ2v) is 5.64. The Kier molecular flexibility index (Phi) is 8.99. The van der Waals surface area contributed by atoms with Gasteiger partial charge in [-0.05, 0) is 36.8 Å². The summed E-state index contributed by atoms with van der Waals surface area (Å²) in [6.07, 6.45) is 8.17. The molecule has 0 spiro atoms. The van der Waals surface area contributed by atoms with Crippen LogP contribution in [-0.4, -0.2) is 31.1 Å². The highest BCUT2D eigenvalue weighted by Crippen LogP contribution is 2.33. The number of nitrogens with one attached hydrogen (secondary N) is 2. The monoisotopic (exact) mass is 422 g/mol. The Morgan fingerprint density at radius 2 is 2.10 bits per heavy atom. The molecule has 1 aromatic heterocycles. The van der Waals surface area contributed by atoms with Crippen LogP contribution in [0.2, 0.25) is 5.15 Å². The van der Waals surface area contributed by atoms with Crippen molar-refractivity contribution in [3.05, 3.63) is 29.0 Å². The van der Waals surface area contributed by atoms with Crippen LogP contribution in [0.5, 0.6) is 0 Å². The molecule has 0 bridgehead atoms. The van der Waals surface area contributed by atoms with Crippen LogP contribution < -0.4 is 10.6 Å². The molecule has 6 heteroatoms. The lowest BCUT2D eigenvalue weighted by Gasteiger charge is -2.11. The number of guanidine groups is 1. The predicted octanol–water partition coefficient (Wildman–Crippen LogP) is 3.25. The van der Waals surface area contributed by atoms with Crippen LogP contribution in [0.25, 0.3) is 0 Å². The lowest BCUT2D eigenvalue weighted by molar-refractivity contribution is 0.644. The molecule has 4 nitrogen and oxygen atoms in total. The van der Waals surface area contributed by atoms with Crippen LogP contribution in [0.15, 0.2) is 23.3 Å². The lowest BCUT2D eigenvalue weighted by atomic mass is 10.2. The Morgan fingerprint density at radius 3 is 2.71 bits per heavy atom. The third kappa shape index (κ3) is 7.85. The largest absolute Gasteiger partial charge is 0.356 e. The summed E-state index contributed by atoms with van der Waals surface area (Å²) in [5.41, 5.74) is 1.17. The highest BCUT2D eigenvalue weighted by Gasteiger charge is 2.19. The third-order valence-corrected chi connectivity index (χ3v) is 3.72. The smallest absolute Gasteiger partial charge is 0.190 e. The summed E-state index contributed by atoms with van der Waals surface area (Å²) >= 11 is 5.76. The van der Waals surface area contributed by atoms with Gasteiger partial charge in [0.1, 0.15) is 5.15 Å². The third-order valence-electron chi connectivity index (χ3n) is 3.50. The SMILES string of the molecule is CN=C(NCCCC1CC1)NCCc1ccc(Cl)nc1.I. The minimum Gasteiger partial charge on any atom is -0.356 e. The van der Waals surface area contributed by atoms with Gasteiger partial charge in [-0.15, -0.1) is 24.0 Å². The molecule has 0 aliphatic heterocycles. The number of pyridine rings is 1. The summed E-state index contributed by atoms with van der Waals surface area (Å²) in [5, 5.41) is 7.20. The molecule has 2 rings (SSSR count). The summed E-state index contributed by atoms with van der Waals surface area (Å²) < 4.78 is 0. The van der Waals surface area contributed by atoms with Crippen molar-refractivity contribution < 1.29 is 0 Å². The average Bonchev–Trinajstić information content (AvgIpc) is 3.28. The summed E-state index contributed by atoms with van der Waals surface area (Å²) in [5.74, 6) is 1.88. The van der Waals surface area contributed by atoms with Crippen LogP contribution in [0.3, 0.4) is 0 Å². The van der Waals surface area contributed by atoms with E-state index in [1.807, 2.05) is 18.3 Å². The van der Waals surface area contributed by atoms with Crippen molar-refractivity contribution >= 4 is 41.5 Å². The number of rotatable bonds is 7. The van der Waals surface area contributed by atoms with Crippen molar-refractivity contribution in [3.8, 4) is 0 Å². The van der Waals surface area contributed by atoms with Crippen LogP contribution in [0.4, 0.5) is 0 Å². The second kappa shape index (κ2) is 10.2. The number of hydrogen-bond donors (Lipinski definition) is 2. The molecular formula is C15H24ClIN4. The first kappa shape index (κ1) is 18.5. The van der Waals surface area contributed by atoms with Crippen LogP contribution >= 0.6 is 35.6 Å². The second-order valence-electron chi connectivity index (χ2n) is 5.25. The Balaban J connectivity index is 0.00000220. The fourth-order valence-electron chi connectivity index (χ4n) is 2.10. The molecule has 0 aromatic carbocycles. The zero-order valence-corrected chi connectivity index (χ0v) is 15.5. The zero-order valence-electron chi connectivity index (χ0n) is 12.4. The predicted molar refractivity (Wildman–Crippen MR) is 99.7 cm³/mol. The van der Waals surface area contributed by atoms with Gasteiger partial charge in [-0.2, -0.15) is 0 Å². The minimum absolute atomic E-state index is 0. The van der Waals surface area contributed by atoms with Crippen molar-refractivity contribution in [1.82, 2.24) is 15.6 Å². The van der Waals surface area contributed by atoms with Gasteiger partial charge in [0.2, 0.25) is 0 Å². The molecule has 0 radical (unpaired) electrons. The van der Waals surface area contributed by atoms with E-state index in [2.05, 4.69) is 20.6 Å². The molecule has 2 N–H and O–H groups in total. The van der Waals surface area contributed by atoms with Gasteiger partial charge in [0, 0.05) is 26.3 Å². The summed E-state index contributed by atoms with van der Waals surface area (Å²) in [6, 6.07) is 3.82. The van der Waals surface area contributed by atoms with E-state index in [4.69, 9.17) is 11.6 Å². The van der Waals surface area contributed by atoms with Gasteiger partial charge in [0.15, 0.2) is 5.96 Å². The summed E-state index contributed by atoms with van der Waals surface area (Å²) in [4.78, 5) is 8.30. The molecule has 1 saturated carbocycles. The highest BCUT2D eigenvalue weighted by atomic mass is 127. The van der Waals surface area contributed by atoms with Gasteiger partial charge in [0.25, 0.3) is 0 Å². The van der Waals surface area contributed by atoms with E-state index < -0.39 is 0 Å². The van der Waals surface area contributed by atoms with Crippen LogP contribution in [-0.2, 0) is 6.42 Å². The van der Waals surface area contributed by atoms with Crippen LogP contribution in [0.1, 0.15) is 31.2 Å². The summed E-state index contributed by atoms with van der Waals surface area (Å²) in [7, 11) is 1.81. The number of hydrogen-bond acceptors (Lipinski definition) is 2. The Hall–Kier alpha value is -0.560. The zero-order chi connectivity index (χ0) is 14.2. The average molecular weight is 423 g/mol. The van der Waals surface area contributed by atoms with Gasteiger partial charge in [-0.25, -0.2) is 4.98 Å². The standard InChI is InChI=1S/C15H23ClN4.HI/c1-17-15(18-9-2-3-12-4-5-12)19-10-8-13-6-7-14(16)20-11-13;/h6-7,11-12H,2-5,8-10H2,1H3,(H2,17,18,19);1H. The maximum atomic E-state index is 5.76. The van der Waals surface area contributed by atoms with E-state index in [1.165, 1.54) is 31.2 Å².